The largest absolute Gasteiger partial charge is 0.367 e. The first-order valence-electron chi connectivity index (χ1n) is 9.13. The molecule has 0 aromatic carbocycles. The van der Waals surface area contributed by atoms with E-state index in [9.17, 15) is 8.78 Å². The van der Waals surface area contributed by atoms with Crippen LogP contribution in [0.3, 0.4) is 0 Å². The summed E-state index contributed by atoms with van der Waals surface area (Å²) < 4.78 is 28.9. The Morgan fingerprint density at radius 3 is 2.30 bits per heavy atom. The summed E-state index contributed by atoms with van der Waals surface area (Å²) in [5, 5.41) is 7.94. The Labute approximate surface area is 135 Å². The Hall–Kier alpha value is -1.13. The average molecular weight is 321 g/mol. The van der Waals surface area contributed by atoms with Crippen LogP contribution in [0.4, 0.5) is 14.6 Å². The van der Waals surface area contributed by atoms with Crippen LogP contribution in [-0.4, -0.2) is 22.2 Å². The maximum atomic E-state index is 13.7. The van der Waals surface area contributed by atoms with Gasteiger partial charge < -0.3 is 5.32 Å². The zero-order valence-corrected chi connectivity index (χ0v) is 13.6. The minimum absolute atomic E-state index is 0.193. The Bertz CT molecular complexity index is 588. The number of nitrogens with one attached hydrogen (secondary N) is 1. The van der Waals surface area contributed by atoms with E-state index in [4.69, 9.17) is 0 Å². The van der Waals surface area contributed by atoms with Crippen molar-refractivity contribution < 1.29 is 8.78 Å². The molecule has 126 valence electrons. The molecule has 4 fully saturated rings. The Morgan fingerprint density at radius 1 is 1.13 bits per heavy atom. The molecule has 0 saturated heterocycles. The van der Waals surface area contributed by atoms with E-state index in [1.54, 1.807) is 0 Å². The summed E-state index contributed by atoms with van der Waals surface area (Å²) >= 11 is 0. The standard InChI is InChI=1S/C18H25F2N3/c1-10-2-16-21-15(6-14(17(19)20)23(16)22-10)18-7-11-3-12(8-18)5-13(4-11)9-18/h2,11-15,17,21H,3-9H2,1H3/t11?,12?,13?,14-,15+,18?/m1/s1. The van der Waals surface area contributed by atoms with E-state index in [0.29, 0.717) is 6.42 Å². The first-order chi connectivity index (χ1) is 11.0. The average Bonchev–Trinajstić information content (AvgIpc) is 2.84. The summed E-state index contributed by atoms with van der Waals surface area (Å²) in [6.07, 6.45) is 6.10. The number of alkyl halides is 2. The summed E-state index contributed by atoms with van der Waals surface area (Å²) in [7, 11) is 0. The van der Waals surface area contributed by atoms with Gasteiger partial charge in [0.15, 0.2) is 0 Å². The van der Waals surface area contributed by atoms with Gasteiger partial charge in [0.1, 0.15) is 11.9 Å². The predicted molar refractivity (Wildman–Crippen MR) is 84.6 cm³/mol. The van der Waals surface area contributed by atoms with Gasteiger partial charge in [0.25, 0.3) is 6.43 Å². The van der Waals surface area contributed by atoms with Crippen molar-refractivity contribution in [3.05, 3.63) is 11.8 Å². The van der Waals surface area contributed by atoms with Crippen LogP contribution in [0.2, 0.25) is 0 Å². The number of nitrogens with zero attached hydrogens (tertiary/aromatic N) is 2. The lowest BCUT2D eigenvalue weighted by Gasteiger charge is -2.60. The van der Waals surface area contributed by atoms with Crippen LogP contribution < -0.4 is 5.32 Å². The number of hydrogen-bond acceptors (Lipinski definition) is 2. The summed E-state index contributed by atoms with van der Waals surface area (Å²) in [6, 6.07) is 1.36. The van der Waals surface area contributed by atoms with E-state index in [0.717, 1.165) is 29.3 Å². The molecule has 4 aliphatic carbocycles. The molecule has 1 aliphatic heterocycles. The van der Waals surface area contributed by atoms with Crippen molar-refractivity contribution in [3.8, 4) is 0 Å². The molecule has 2 atom stereocenters. The van der Waals surface area contributed by atoms with Gasteiger partial charge in [0.2, 0.25) is 0 Å². The van der Waals surface area contributed by atoms with Crippen molar-refractivity contribution in [2.75, 3.05) is 5.32 Å². The SMILES string of the molecule is Cc1cc2n(n1)[C@@H](C(F)F)C[C@@H](C13CC4CC(CC(C4)C1)C3)N2. The Balaban J connectivity index is 1.50. The lowest BCUT2D eigenvalue weighted by Crippen LogP contribution is -2.56. The monoisotopic (exact) mass is 321 g/mol. The Morgan fingerprint density at radius 2 is 1.74 bits per heavy atom. The van der Waals surface area contributed by atoms with Crippen LogP contribution in [0.5, 0.6) is 0 Å². The summed E-state index contributed by atoms with van der Waals surface area (Å²) in [5.74, 6) is 3.35. The molecule has 5 heteroatoms. The van der Waals surface area contributed by atoms with Gasteiger partial charge in [0, 0.05) is 12.1 Å². The molecule has 0 amide bonds. The maximum Gasteiger partial charge on any atom is 0.260 e. The molecule has 0 radical (unpaired) electrons. The second-order valence-electron chi connectivity index (χ2n) is 8.73. The van der Waals surface area contributed by atoms with Crippen molar-refractivity contribution in [1.29, 1.82) is 0 Å². The number of halogens is 2. The highest BCUT2D eigenvalue weighted by Crippen LogP contribution is 2.62. The minimum Gasteiger partial charge on any atom is -0.367 e. The van der Waals surface area contributed by atoms with Crippen LogP contribution in [0.15, 0.2) is 6.07 Å². The fourth-order valence-electron chi connectivity index (χ4n) is 6.67. The smallest absolute Gasteiger partial charge is 0.260 e. The van der Waals surface area contributed by atoms with Crippen LogP contribution >= 0.6 is 0 Å². The number of rotatable bonds is 2. The van der Waals surface area contributed by atoms with Crippen LogP contribution in [0.25, 0.3) is 0 Å². The van der Waals surface area contributed by atoms with Crippen LogP contribution in [-0.2, 0) is 0 Å². The van der Waals surface area contributed by atoms with E-state index in [1.165, 1.54) is 43.2 Å². The fraction of sp³-hybridized carbons (Fsp3) is 0.833. The molecular formula is C18H25F2N3. The topological polar surface area (TPSA) is 29.9 Å². The van der Waals surface area contributed by atoms with Gasteiger partial charge in [-0.3, -0.25) is 0 Å². The second kappa shape index (κ2) is 4.70. The molecule has 2 heterocycles. The first-order valence-corrected chi connectivity index (χ1v) is 9.13. The molecule has 23 heavy (non-hydrogen) atoms. The van der Waals surface area contributed by atoms with Gasteiger partial charge in [-0.25, -0.2) is 13.5 Å². The molecule has 5 aliphatic rings. The van der Waals surface area contributed by atoms with Crippen molar-refractivity contribution in [1.82, 2.24) is 9.78 Å². The first kappa shape index (κ1) is 14.2. The van der Waals surface area contributed by atoms with Gasteiger partial charge in [-0.2, -0.15) is 5.10 Å². The summed E-state index contributed by atoms with van der Waals surface area (Å²) in [5.41, 5.74) is 1.08. The number of hydrogen-bond donors (Lipinski definition) is 1. The molecule has 0 unspecified atom stereocenters. The second-order valence-corrected chi connectivity index (χ2v) is 8.73. The van der Waals surface area contributed by atoms with Gasteiger partial charge in [0.05, 0.1) is 5.69 Å². The minimum atomic E-state index is -2.34. The number of fused-ring (bicyclic) bond motifs is 1. The zero-order chi connectivity index (χ0) is 15.8. The number of aryl methyl sites for hydroxylation is 1. The highest BCUT2D eigenvalue weighted by Gasteiger charge is 2.55. The highest BCUT2D eigenvalue weighted by molar-refractivity contribution is 5.42. The van der Waals surface area contributed by atoms with E-state index >= 15 is 0 Å². The predicted octanol–water partition coefficient (Wildman–Crippen LogP) is 4.40. The normalized spacial score (nSPS) is 44.4. The summed E-state index contributed by atoms with van der Waals surface area (Å²) in [4.78, 5) is 0. The lowest BCUT2D eigenvalue weighted by molar-refractivity contribution is -0.0723. The third-order valence-electron chi connectivity index (χ3n) is 7.09. The number of anilines is 1. The molecular weight excluding hydrogens is 296 g/mol. The molecule has 1 N–H and O–H groups in total. The van der Waals surface area contributed by atoms with Crippen LogP contribution in [0, 0.1) is 30.1 Å². The van der Waals surface area contributed by atoms with Gasteiger partial charge in [-0.15, -0.1) is 0 Å². The van der Waals surface area contributed by atoms with Crippen molar-refractivity contribution in [2.45, 2.75) is 70.4 Å². The third-order valence-corrected chi connectivity index (χ3v) is 7.09. The molecule has 6 rings (SSSR count). The lowest BCUT2D eigenvalue weighted by atomic mass is 9.47. The Kier molecular flexibility index (Phi) is 2.91. The fourth-order valence-corrected chi connectivity index (χ4v) is 6.67. The zero-order valence-electron chi connectivity index (χ0n) is 13.6. The van der Waals surface area contributed by atoms with Crippen LogP contribution in [0.1, 0.15) is 56.7 Å². The van der Waals surface area contributed by atoms with E-state index in [-0.39, 0.29) is 11.5 Å². The molecule has 3 nitrogen and oxygen atoms in total. The molecule has 1 aromatic heterocycles. The molecule has 4 saturated carbocycles. The molecule has 4 bridgehead atoms. The third kappa shape index (κ3) is 2.07. The highest BCUT2D eigenvalue weighted by atomic mass is 19.3. The van der Waals surface area contributed by atoms with Crippen molar-refractivity contribution >= 4 is 5.82 Å². The van der Waals surface area contributed by atoms with Gasteiger partial charge in [-0.1, -0.05) is 0 Å². The van der Waals surface area contributed by atoms with Crippen molar-refractivity contribution in [2.24, 2.45) is 23.2 Å². The van der Waals surface area contributed by atoms with E-state index in [2.05, 4.69) is 10.4 Å². The quantitative estimate of drug-likeness (QED) is 0.875. The number of aromatic nitrogens is 2. The van der Waals surface area contributed by atoms with Gasteiger partial charge in [-0.05, 0) is 75.0 Å². The van der Waals surface area contributed by atoms with Gasteiger partial charge >= 0.3 is 0 Å². The maximum absolute atomic E-state index is 13.7. The van der Waals surface area contributed by atoms with Crippen molar-refractivity contribution in [3.63, 3.8) is 0 Å². The summed E-state index contributed by atoms with van der Waals surface area (Å²) in [6.45, 7) is 1.88. The van der Waals surface area contributed by atoms with E-state index in [1.807, 2.05) is 13.0 Å². The van der Waals surface area contributed by atoms with E-state index < -0.39 is 12.5 Å². The molecule has 1 aromatic rings. The molecule has 0 spiro atoms.